The van der Waals surface area contributed by atoms with Gasteiger partial charge in [-0.3, -0.25) is 0 Å². The van der Waals surface area contributed by atoms with Crippen molar-refractivity contribution in [2.75, 3.05) is 5.75 Å². The number of hydrogen-bond acceptors (Lipinski definition) is 2. The molecule has 0 spiro atoms. The molecule has 120 valence electrons. The number of nitrogens with one attached hydrogen (secondary N) is 2. The maximum atomic E-state index is 13.8. The second kappa shape index (κ2) is 7.04. The molecule has 3 rings (SSSR count). The molecule has 3 nitrogen and oxygen atoms in total. The highest BCUT2D eigenvalue weighted by Gasteiger charge is 2.24. The van der Waals surface area contributed by atoms with Gasteiger partial charge >= 0.3 is 6.03 Å². The average Bonchev–Trinajstić information content (AvgIpc) is 2.55. The Morgan fingerprint density at radius 1 is 1.26 bits per heavy atom. The largest absolute Gasteiger partial charge is 0.334 e. The molecule has 1 heterocycles. The van der Waals surface area contributed by atoms with Crippen molar-refractivity contribution in [3.8, 4) is 0 Å². The lowest BCUT2D eigenvalue weighted by atomic mass is 10.0. The summed E-state index contributed by atoms with van der Waals surface area (Å²) in [6, 6.07) is 12.6. The molecule has 2 N–H and O–H groups in total. The summed E-state index contributed by atoms with van der Waals surface area (Å²) in [5.74, 6) is 0.593. The maximum Gasteiger partial charge on any atom is 0.315 e. The molecule has 1 unspecified atom stereocenters. The Balaban J connectivity index is 1.63. The molecule has 0 saturated heterocycles. The zero-order chi connectivity index (χ0) is 16.2. The molecule has 0 aromatic heterocycles. The lowest BCUT2D eigenvalue weighted by Crippen LogP contribution is -2.38. The van der Waals surface area contributed by atoms with Crippen LogP contribution in [0.4, 0.5) is 9.18 Å². The first kappa shape index (κ1) is 15.9. The summed E-state index contributed by atoms with van der Waals surface area (Å²) in [6.07, 6.45) is 0.804. The van der Waals surface area contributed by atoms with E-state index in [9.17, 15) is 9.18 Å². The van der Waals surface area contributed by atoms with Gasteiger partial charge in [-0.15, -0.1) is 11.8 Å². The van der Waals surface area contributed by atoms with E-state index in [1.807, 2.05) is 37.3 Å². The van der Waals surface area contributed by atoms with Gasteiger partial charge in [0.25, 0.3) is 0 Å². The molecule has 0 radical (unpaired) electrons. The summed E-state index contributed by atoms with van der Waals surface area (Å²) in [4.78, 5) is 12.8. The molecule has 5 heteroatoms. The Kier molecular flexibility index (Phi) is 4.86. The van der Waals surface area contributed by atoms with E-state index in [-0.39, 0.29) is 17.9 Å². The fraction of sp³-hybridized carbons (Fsp3) is 0.278. The topological polar surface area (TPSA) is 41.1 Å². The van der Waals surface area contributed by atoms with Crippen molar-refractivity contribution in [3.05, 3.63) is 65.0 Å². The monoisotopic (exact) mass is 330 g/mol. The zero-order valence-corrected chi connectivity index (χ0v) is 13.8. The van der Waals surface area contributed by atoms with Crippen molar-refractivity contribution in [1.82, 2.24) is 10.6 Å². The third kappa shape index (κ3) is 3.67. The summed E-state index contributed by atoms with van der Waals surface area (Å²) in [5.41, 5.74) is 3.11. The summed E-state index contributed by atoms with van der Waals surface area (Å²) < 4.78 is 13.8. The van der Waals surface area contributed by atoms with E-state index >= 15 is 0 Å². The number of hydrogen-bond donors (Lipinski definition) is 2. The highest BCUT2D eigenvalue weighted by molar-refractivity contribution is 7.99. The first-order valence-corrected chi connectivity index (χ1v) is 8.64. The van der Waals surface area contributed by atoms with Crippen molar-refractivity contribution < 1.29 is 9.18 Å². The van der Waals surface area contributed by atoms with Gasteiger partial charge in [-0.2, -0.15) is 0 Å². The molecular weight excluding hydrogens is 311 g/mol. The van der Waals surface area contributed by atoms with Crippen LogP contribution in [0.25, 0.3) is 0 Å². The molecule has 0 fully saturated rings. The number of thioether (sulfide) groups is 1. The number of halogens is 1. The van der Waals surface area contributed by atoms with Gasteiger partial charge in [-0.05, 0) is 36.1 Å². The molecule has 0 saturated carbocycles. The van der Waals surface area contributed by atoms with E-state index in [0.717, 1.165) is 28.9 Å². The molecule has 2 aromatic rings. The molecule has 1 atom stereocenters. The Morgan fingerprint density at radius 3 is 2.91 bits per heavy atom. The van der Waals surface area contributed by atoms with Crippen LogP contribution in [0.15, 0.2) is 47.4 Å². The summed E-state index contributed by atoms with van der Waals surface area (Å²) in [7, 11) is 0. The molecule has 2 amide bonds. The lowest BCUT2D eigenvalue weighted by Gasteiger charge is -2.26. The van der Waals surface area contributed by atoms with E-state index in [0.29, 0.717) is 11.4 Å². The van der Waals surface area contributed by atoms with Crippen LogP contribution in [-0.4, -0.2) is 11.8 Å². The van der Waals surface area contributed by atoms with E-state index in [1.165, 1.54) is 17.8 Å². The number of rotatable bonds is 3. The maximum absolute atomic E-state index is 13.8. The van der Waals surface area contributed by atoms with Crippen LogP contribution in [0.1, 0.15) is 29.2 Å². The fourth-order valence-corrected chi connectivity index (χ4v) is 3.87. The third-order valence-corrected chi connectivity index (χ3v) is 5.19. The number of carbonyl (C=O) groups is 1. The van der Waals surface area contributed by atoms with Crippen LogP contribution in [0.2, 0.25) is 0 Å². The number of carbonyl (C=O) groups excluding carboxylic acids is 1. The third-order valence-electron chi connectivity index (χ3n) is 4.03. The Morgan fingerprint density at radius 2 is 2.09 bits per heavy atom. The highest BCUT2D eigenvalue weighted by Crippen LogP contribution is 2.37. The smallest absolute Gasteiger partial charge is 0.315 e. The zero-order valence-electron chi connectivity index (χ0n) is 12.9. The van der Waals surface area contributed by atoms with Gasteiger partial charge in [0.05, 0.1) is 6.04 Å². The van der Waals surface area contributed by atoms with E-state index in [1.54, 1.807) is 6.07 Å². The van der Waals surface area contributed by atoms with Crippen molar-refractivity contribution >= 4 is 17.8 Å². The first-order chi connectivity index (χ1) is 11.1. The van der Waals surface area contributed by atoms with Crippen LogP contribution < -0.4 is 10.6 Å². The van der Waals surface area contributed by atoms with Crippen molar-refractivity contribution in [2.45, 2.75) is 30.8 Å². The highest BCUT2D eigenvalue weighted by atomic mass is 32.2. The number of urea groups is 1. The van der Waals surface area contributed by atoms with Gasteiger partial charge in [-0.25, -0.2) is 9.18 Å². The van der Waals surface area contributed by atoms with E-state index in [2.05, 4.69) is 10.6 Å². The SMILES string of the molecule is Cc1ccccc1CNC(=O)NC1CCSc2c(F)cccc21. The van der Waals surface area contributed by atoms with Gasteiger partial charge in [0.15, 0.2) is 0 Å². The van der Waals surface area contributed by atoms with Gasteiger partial charge < -0.3 is 10.6 Å². The van der Waals surface area contributed by atoms with E-state index in [4.69, 9.17) is 0 Å². The van der Waals surface area contributed by atoms with Gasteiger partial charge in [-0.1, -0.05) is 36.4 Å². The van der Waals surface area contributed by atoms with Gasteiger partial charge in [0.2, 0.25) is 0 Å². The molecule has 1 aliphatic rings. The molecule has 0 aliphatic carbocycles. The van der Waals surface area contributed by atoms with Crippen LogP contribution >= 0.6 is 11.8 Å². The molecule has 1 aliphatic heterocycles. The predicted octanol–water partition coefficient (Wildman–Crippen LogP) is 4.17. The number of fused-ring (bicyclic) bond motifs is 1. The molecular formula is C18H19FN2OS. The van der Waals surface area contributed by atoms with Crippen LogP contribution in [-0.2, 0) is 6.54 Å². The molecule has 23 heavy (non-hydrogen) atoms. The fourth-order valence-electron chi connectivity index (χ4n) is 2.73. The summed E-state index contributed by atoms with van der Waals surface area (Å²) in [5, 5.41) is 5.84. The summed E-state index contributed by atoms with van der Waals surface area (Å²) in [6.45, 7) is 2.50. The number of aryl methyl sites for hydroxylation is 1. The predicted molar refractivity (Wildman–Crippen MR) is 91.0 cm³/mol. The van der Waals surface area contributed by atoms with Gasteiger partial charge in [0.1, 0.15) is 5.82 Å². The Bertz CT molecular complexity index is 720. The van der Waals surface area contributed by atoms with Crippen LogP contribution in [0.5, 0.6) is 0 Å². The van der Waals surface area contributed by atoms with Crippen molar-refractivity contribution in [1.29, 1.82) is 0 Å². The number of amides is 2. The quantitative estimate of drug-likeness (QED) is 0.887. The lowest BCUT2D eigenvalue weighted by molar-refractivity contribution is 0.236. The minimum Gasteiger partial charge on any atom is -0.334 e. The van der Waals surface area contributed by atoms with E-state index < -0.39 is 0 Å². The van der Waals surface area contributed by atoms with Gasteiger partial charge in [0, 0.05) is 17.2 Å². The van der Waals surface area contributed by atoms with Crippen molar-refractivity contribution in [3.63, 3.8) is 0 Å². The second-order valence-corrected chi connectivity index (χ2v) is 6.71. The first-order valence-electron chi connectivity index (χ1n) is 7.65. The minimum absolute atomic E-state index is 0.140. The summed E-state index contributed by atoms with van der Waals surface area (Å²) >= 11 is 1.51. The molecule has 0 bridgehead atoms. The normalized spacial score (nSPS) is 16.5. The standard InChI is InChI=1S/C18H19FN2OS/c1-12-5-2-3-6-13(12)11-20-18(22)21-16-9-10-23-17-14(16)7-4-8-15(17)19/h2-8,16H,9-11H2,1H3,(H2,20,21,22). The number of benzene rings is 2. The minimum atomic E-state index is -0.222. The van der Waals surface area contributed by atoms with Crippen LogP contribution in [0, 0.1) is 12.7 Å². The van der Waals surface area contributed by atoms with Crippen molar-refractivity contribution in [2.24, 2.45) is 0 Å². The Hall–Kier alpha value is -2.01. The van der Waals surface area contributed by atoms with Crippen LogP contribution in [0.3, 0.4) is 0 Å². The Labute approximate surface area is 139 Å². The second-order valence-electron chi connectivity index (χ2n) is 5.60. The molecule has 2 aromatic carbocycles. The average molecular weight is 330 g/mol.